The van der Waals surface area contributed by atoms with Gasteiger partial charge in [-0.15, -0.1) is 0 Å². The highest BCUT2D eigenvalue weighted by molar-refractivity contribution is 5.67. The van der Waals surface area contributed by atoms with Gasteiger partial charge in [0, 0.05) is 6.42 Å². The summed E-state index contributed by atoms with van der Waals surface area (Å²) in [7, 11) is 0. The van der Waals surface area contributed by atoms with Crippen LogP contribution >= 0.6 is 0 Å². The average molecular weight is 204 g/mol. The SMILES string of the molecule is C=C1C=CC(=C)C2C(CC(=O)O)CCC12. The number of hydrogen-bond acceptors (Lipinski definition) is 1. The normalized spacial score (nSPS) is 34.3. The van der Waals surface area contributed by atoms with E-state index in [2.05, 4.69) is 13.2 Å². The Kier molecular flexibility index (Phi) is 2.51. The first-order valence-electron chi connectivity index (χ1n) is 5.37. The number of hydrogen-bond donors (Lipinski definition) is 1. The molecular weight excluding hydrogens is 188 g/mol. The van der Waals surface area contributed by atoms with Gasteiger partial charge in [-0.3, -0.25) is 4.79 Å². The van der Waals surface area contributed by atoms with Gasteiger partial charge in [0.25, 0.3) is 0 Å². The number of fused-ring (bicyclic) bond motifs is 1. The van der Waals surface area contributed by atoms with Gasteiger partial charge in [-0.25, -0.2) is 0 Å². The van der Waals surface area contributed by atoms with Crippen molar-refractivity contribution in [2.24, 2.45) is 17.8 Å². The number of carboxylic acids is 1. The molecule has 2 heteroatoms. The summed E-state index contributed by atoms with van der Waals surface area (Å²) in [5.74, 6) is 0.306. The third kappa shape index (κ3) is 1.76. The molecule has 2 nitrogen and oxygen atoms in total. The van der Waals surface area contributed by atoms with Crippen molar-refractivity contribution in [2.45, 2.75) is 19.3 Å². The van der Waals surface area contributed by atoms with E-state index in [9.17, 15) is 4.79 Å². The van der Waals surface area contributed by atoms with E-state index in [1.54, 1.807) is 0 Å². The Bertz CT molecular complexity index is 352. The lowest BCUT2D eigenvalue weighted by molar-refractivity contribution is -0.138. The Labute approximate surface area is 90.0 Å². The highest BCUT2D eigenvalue weighted by Crippen LogP contribution is 2.48. The van der Waals surface area contributed by atoms with Gasteiger partial charge in [-0.05, 0) is 30.6 Å². The van der Waals surface area contributed by atoms with Crippen molar-refractivity contribution in [3.63, 3.8) is 0 Å². The Morgan fingerprint density at radius 1 is 1.33 bits per heavy atom. The summed E-state index contributed by atoms with van der Waals surface area (Å²) in [5, 5.41) is 8.85. The van der Waals surface area contributed by atoms with Gasteiger partial charge in [-0.2, -0.15) is 0 Å². The number of rotatable bonds is 2. The lowest BCUT2D eigenvalue weighted by atomic mass is 9.76. The van der Waals surface area contributed by atoms with Crippen molar-refractivity contribution < 1.29 is 9.90 Å². The molecule has 0 saturated heterocycles. The molecule has 80 valence electrons. The predicted octanol–water partition coefficient (Wildman–Crippen LogP) is 2.79. The van der Waals surface area contributed by atoms with Gasteiger partial charge < -0.3 is 5.11 Å². The summed E-state index contributed by atoms with van der Waals surface area (Å²) < 4.78 is 0. The van der Waals surface area contributed by atoms with Crippen molar-refractivity contribution in [3.8, 4) is 0 Å². The molecule has 0 spiro atoms. The fourth-order valence-corrected chi connectivity index (χ4v) is 2.96. The predicted molar refractivity (Wildman–Crippen MR) is 59.4 cm³/mol. The van der Waals surface area contributed by atoms with E-state index in [1.165, 1.54) is 0 Å². The molecule has 0 heterocycles. The highest BCUT2D eigenvalue weighted by Gasteiger charge is 2.40. The van der Waals surface area contributed by atoms with E-state index >= 15 is 0 Å². The largest absolute Gasteiger partial charge is 0.481 e. The molecule has 0 radical (unpaired) electrons. The van der Waals surface area contributed by atoms with Gasteiger partial charge in [0.15, 0.2) is 0 Å². The average Bonchev–Trinajstić information content (AvgIpc) is 2.56. The van der Waals surface area contributed by atoms with Crippen molar-refractivity contribution in [1.82, 2.24) is 0 Å². The Morgan fingerprint density at radius 3 is 2.67 bits per heavy atom. The van der Waals surface area contributed by atoms with Gasteiger partial charge in [0.2, 0.25) is 0 Å². The molecule has 1 saturated carbocycles. The molecule has 1 fully saturated rings. The number of carboxylic acid groups (broad SMARTS) is 1. The van der Waals surface area contributed by atoms with Gasteiger partial charge in [-0.1, -0.05) is 36.5 Å². The van der Waals surface area contributed by atoms with Gasteiger partial charge in [0.05, 0.1) is 0 Å². The summed E-state index contributed by atoms with van der Waals surface area (Å²) in [6, 6.07) is 0. The van der Waals surface area contributed by atoms with Crippen LogP contribution in [-0.4, -0.2) is 11.1 Å². The molecule has 0 aromatic heterocycles. The second kappa shape index (κ2) is 3.69. The topological polar surface area (TPSA) is 37.3 Å². The molecule has 0 bridgehead atoms. The van der Waals surface area contributed by atoms with Crippen LogP contribution in [0.15, 0.2) is 36.5 Å². The van der Waals surface area contributed by atoms with Crippen LogP contribution in [0.3, 0.4) is 0 Å². The zero-order valence-corrected chi connectivity index (χ0v) is 8.78. The van der Waals surface area contributed by atoms with E-state index in [0.29, 0.717) is 11.8 Å². The van der Waals surface area contributed by atoms with Gasteiger partial charge >= 0.3 is 5.97 Å². The van der Waals surface area contributed by atoms with Crippen LogP contribution in [0.4, 0.5) is 0 Å². The van der Waals surface area contributed by atoms with Crippen LogP contribution < -0.4 is 0 Å². The Balaban J connectivity index is 2.20. The minimum absolute atomic E-state index is 0.252. The fourth-order valence-electron chi connectivity index (χ4n) is 2.96. The van der Waals surface area contributed by atoms with Crippen LogP contribution in [0.5, 0.6) is 0 Å². The van der Waals surface area contributed by atoms with Crippen LogP contribution in [0.25, 0.3) is 0 Å². The maximum Gasteiger partial charge on any atom is 0.303 e. The van der Waals surface area contributed by atoms with Crippen LogP contribution in [-0.2, 0) is 4.79 Å². The molecule has 15 heavy (non-hydrogen) atoms. The lowest BCUT2D eigenvalue weighted by Crippen LogP contribution is -2.22. The lowest BCUT2D eigenvalue weighted by Gasteiger charge is -2.28. The second-order valence-corrected chi connectivity index (χ2v) is 4.55. The second-order valence-electron chi connectivity index (χ2n) is 4.55. The summed E-state index contributed by atoms with van der Waals surface area (Å²) in [6.45, 7) is 8.06. The summed E-state index contributed by atoms with van der Waals surface area (Å²) >= 11 is 0. The molecule has 2 aliphatic rings. The van der Waals surface area contributed by atoms with Crippen molar-refractivity contribution in [1.29, 1.82) is 0 Å². The minimum Gasteiger partial charge on any atom is -0.481 e. The maximum atomic E-state index is 10.7. The molecule has 3 unspecified atom stereocenters. The van der Waals surface area contributed by atoms with Crippen LogP contribution in [0, 0.1) is 17.8 Å². The van der Waals surface area contributed by atoms with E-state index < -0.39 is 5.97 Å². The molecule has 3 atom stereocenters. The molecule has 0 aliphatic heterocycles. The van der Waals surface area contributed by atoms with Crippen molar-refractivity contribution >= 4 is 5.97 Å². The summed E-state index contributed by atoms with van der Waals surface area (Å²) in [6.07, 6.45) is 6.32. The van der Waals surface area contributed by atoms with Crippen molar-refractivity contribution in [2.75, 3.05) is 0 Å². The van der Waals surface area contributed by atoms with E-state index in [4.69, 9.17) is 5.11 Å². The molecular formula is C13H16O2. The molecule has 0 aromatic rings. The number of allylic oxidation sites excluding steroid dienone is 4. The molecule has 2 aliphatic carbocycles. The third-order valence-corrected chi connectivity index (χ3v) is 3.64. The zero-order chi connectivity index (χ0) is 11.0. The molecule has 0 aromatic carbocycles. The van der Waals surface area contributed by atoms with Crippen LogP contribution in [0.1, 0.15) is 19.3 Å². The van der Waals surface area contributed by atoms with Crippen LogP contribution in [0.2, 0.25) is 0 Å². The highest BCUT2D eigenvalue weighted by atomic mass is 16.4. The van der Waals surface area contributed by atoms with Gasteiger partial charge in [0.1, 0.15) is 0 Å². The van der Waals surface area contributed by atoms with E-state index in [0.717, 1.165) is 24.0 Å². The molecule has 1 N–H and O–H groups in total. The first kappa shape index (κ1) is 10.2. The number of carbonyl (C=O) groups is 1. The standard InChI is InChI=1S/C13H16O2/c1-8-3-4-9(2)13-10(7-12(14)15)5-6-11(8)13/h3-4,10-11,13H,1-2,5-7H2,(H,14,15). The molecule has 0 amide bonds. The quantitative estimate of drug-likeness (QED) is 0.751. The maximum absolute atomic E-state index is 10.7. The fraction of sp³-hybridized carbons (Fsp3) is 0.462. The Morgan fingerprint density at radius 2 is 2.00 bits per heavy atom. The van der Waals surface area contributed by atoms with Crippen molar-refractivity contribution in [3.05, 3.63) is 36.5 Å². The van der Waals surface area contributed by atoms with E-state index in [-0.39, 0.29) is 12.3 Å². The third-order valence-electron chi connectivity index (χ3n) is 3.64. The van der Waals surface area contributed by atoms with E-state index in [1.807, 2.05) is 12.2 Å². The minimum atomic E-state index is -0.700. The smallest absolute Gasteiger partial charge is 0.303 e. The summed E-state index contributed by atoms with van der Waals surface area (Å²) in [5.41, 5.74) is 2.22. The zero-order valence-electron chi connectivity index (χ0n) is 8.78. The first-order chi connectivity index (χ1) is 7.09. The Hall–Kier alpha value is -1.31. The monoisotopic (exact) mass is 204 g/mol. The first-order valence-corrected chi connectivity index (χ1v) is 5.37. The summed E-state index contributed by atoms with van der Waals surface area (Å²) in [4.78, 5) is 10.7. The number of aliphatic carboxylic acids is 1. The molecule has 2 rings (SSSR count).